The van der Waals surface area contributed by atoms with Crippen LogP contribution in [0, 0.1) is 10.1 Å². The van der Waals surface area contributed by atoms with Gasteiger partial charge in [-0.3, -0.25) is 14.9 Å². The number of nitrogens with one attached hydrogen (secondary N) is 2. The SMILES string of the molecule is CC(=O)c1cccc(NC(=S)Nc2ccc(Cl)c([N+](=O)[O-])c2)c1. The highest BCUT2D eigenvalue weighted by Gasteiger charge is 2.13. The zero-order valence-corrected chi connectivity index (χ0v) is 13.6. The Morgan fingerprint density at radius 3 is 2.43 bits per heavy atom. The van der Waals surface area contributed by atoms with Crippen LogP contribution in [0.3, 0.4) is 0 Å². The molecule has 8 heteroatoms. The van der Waals surface area contributed by atoms with Gasteiger partial charge in [0.05, 0.1) is 4.92 Å². The van der Waals surface area contributed by atoms with Crippen LogP contribution in [0.15, 0.2) is 42.5 Å². The second kappa shape index (κ2) is 7.17. The number of halogens is 1. The van der Waals surface area contributed by atoms with Crippen LogP contribution in [0.25, 0.3) is 0 Å². The van der Waals surface area contributed by atoms with E-state index < -0.39 is 4.92 Å². The predicted octanol–water partition coefficient (Wildman–Crippen LogP) is 4.26. The van der Waals surface area contributed by atoms with E-state index >= 15 is 0 Å². The molecule has 118 valence electrons. The van der Waals surface area contributed by atoms with Gasteiger partial charge in [0.1, 0.15) is 5.02 Å². The van der Waals surface area contributed by atoms with Crippen molar-refractivity contribution < 1.29 is 9.72 Å². The lowest BCUT2D eigenvalue weighted by molar-refractivity contribution is -0.384. The van der Waals surface area contributed by atoms with Crippen LogP contribution < -0.4 is 10.6 Å². The Labute approximate surface area is 142 Å². The third-order valence-electron chi connectivity index (χ3n) is 2.93. The van der Waals surface area contributed by atoms with Crippen LogP contribution in [0.1, 0.15) is 17.3 Å². The standard InChI is InChI=1S/C15H12ClN3O3S/c1-9(20)10-3-2-4-11(7-10)17-15(23)18-12-5-6-13(16)14(8-12)19(21)22/h2-8H,1H3,(H2,17,18,23). The number of nitro groups is 1. The predicted molar refractivity (Wildman–Crippen MR) is 94.4 cm³/mol. The number of hydrogen-bond donors (Lipinski definition) is 2. The summed E-state index contributed by atoms with van der Waals surface area (Å²) < 4.78 is 0. The molecule has 0 atom stereocenters. The molecule has 2 aromatic carbocycles. The summed E-state index contributed by atoms with van der Waals surface area (Å²) in [4.78, 5) is 21.7. The number of Topliss-reactive ketones (excluding diaryl/α,β-unsaturated/α-hetero) is 1. The van der Waals surface area contributed by atoms with Crippen molar-refractivity contribution in [2.24, 2.45) is 0 Å². The average molecular weight is 350 g/mol. The molecule has 0 saturated carbocycles. The van der Waals surface area contributed by atoms with E-state index in [1.165, 1.54) is 19.1 Å². The fraction of sp³-hybridized carbons (Fsp3) is 0.0667. The molecule has 23 heavy (non-hydrogen) atoms. The molecule has 6 nitrogen and oxygen atoms in total. The molecule has 0 spiro atoms. The molecule has 0 aliphatic carbocycles. The minimum absolute atomic E-state index is 0.0496. The third kappa shape index (κ3) is 4.48. The Morgan fingerprint density at radius 1 is 1.17 bits per heavy atom. The van der Waals surface area contributed by atoms with Crippen molar-refractivity contribution in [1.29, 1.82) is 0 Å². The minimum Gasteiger partial charge on any atom is -0.332 e. The van der Waals surface area contributed by atoms with E-state index in [2.05, 4.69) is 10.6 Å². The molecule has 2 rings (SSSR count). The maximum absolute atomic E-state index is 11.4. The van der Waals surface area contributed by atoms with Crippen LogP contribution in [-0.2, 0) is 0 Å². The van der Waals surface area contributed by atoms with Crippen LogP contribution in [-0.4, -0.2) is 15.8 Å². The third-order valence-corrected chi connectivity index (χ3v) is 3.45. The largest absolute Gasteiger partial charge is 0.332 e. The van der Waals surface area contributed by atoms with Crippen LogP contribution in [0.4, 0.5) is 17.1 Å². The maximum Gasteiger partial charge on any atom is 0.289 e. The minimum atomic E-state index is -0.569. The summed E-state index contributed by atoms with van der Waals surface area (Å²) >= 11 is 10.9. The van der Waals surface area contributed by atoms with Gasteiger partial charge in [0.15, 0.2) is 10.9 Å². The maximum atomic E-state index is 11.4. The number of benzene rings is 2. The van der Waals surface area contributed by atoms with E-state index in [4.69, 9.17) is 23.8 Å². The number of ketones is 1. The summed E-state index contributed by atoms with van der Waals surface area (Å²) in [5.41, 5.74) is 1.41. The zero-order valence-electron chi connectivity index (χ0n) is 12.0. The van der Waals surface area contributed by atoms with Gasteiger partial charge in [-0.25, -0.2) is 0 Å². The number of carbonyl (C=O) groups is 1. The van der Waals surface area contributed by atoms with E-state index in [9.17, 15) is 14.9 Å². The fourth-order valence-electron chi connectivity index (χ4n) is 1.84. The van der Waals surface area contributed by atoms with Gasteiger partial charge < -0.3 is 10.6 Å². The Balaban J connectivity index is 2.11. The van der Waals surface area contributed by atoms with Crippen molar-refractivity contribution in [3.8, 4) is 0 Å². The molecule has 0 saturated heterocycles. The van der Waals surface area contributed by atoms with Gasteiger partial charge in [0, 0.05) is 23.0 Å². The number of carbonyl (C=O) groups excluding carboxylic acids is 1. The van der Waals surface area contributed by atoms with Crippen LogP contribution in [0.2, 0.25) is 5.02 Å². The van der Waals surface area contributed by atoms with Crippen molar-refractivity contribution in [3.05, 3.63) is 63.2 Å². The summed E-state index contributed by atoms with van der Waals surface area (Å²) in [6, 6.07) is 11.1. The Bertz CT molecular complexity index is 795. The average Bonchev–Trinajstić information content (AvgIpc) is 2.49. The lowest BCUT2D eigenvalue weighted by Crippen LogP contribution is -2.19. The van der Waals surface area contributed by atoms with Crippen molar-refractivity contribution in [2.75, 3.05) is 10.6 Å². The highest BCUT2D eigenvalue weighted by atomic mass is 35.5. The molecule has 2 aromatic rings. The number of hydrogen-bond acceptors (Lipinski definition) is 4. The smallest absolute Gasteiger partial charge is 0.289 e. The molecule has 0 fully saturated rings. The van der Waals surface area contributed by atoms with Crippen molar-refractivity contribution >= 4 is 51.8 Å². The van der Waals surface area contributed by atoms with Gasteiger partial charge in [-0.05, 0) is 43.4 Å². The Hall–Kier alpha value is -2.51. The second-order valence-electron chi connectivity index (χ2n) is 4.64. The molecule has 2 N–H and O–H groups in total. The first-order chi connectivity index (χ1) is 10.9. The summed E-state index contributed by atoms with van der Waals surface area (Å²) in [6.07, 6.45) is 0. The fourth-order valence-corrected chi connectivity index (χ4v) is 2.26. The number of thiocarbonyl (C=S) groups is 1. The summed E-state index contributed by atoms with van der Waals surface area (Å²) in [5.74, 6) is -0.0548. The highest BCUT2D eigenvalue weighted by Crippen LogP contribution is 2.27. The molecular weight excluding hydrogens is 338 g/mol. The summed E-state index contributed by atoms with van der Waals surface area (Å²) in [5, 5.41) is 16.9. The molecular formula is C15H12ClN3O3S. The summed E-state index contributed by atoms with van der Waals surface area (Å²) in [6.45, 7) is 1.47. The summed E-state index contributed by atoms with van der Waals surface area (Å²) in [7, 11) is 0. The van der Waals surface area contributed by atoms with Gasteiger partial charge in [0.25, 0.3) is 5.69 Å². The van der Waals surface area contributed by atoms with Gasteiger partial charge in [-0.2, -0.15) is 0 Å². The monoisotopic (exact) mass is 349 g/mol. The lowest BCUT2D eigenvalue weighted by atomic mass is 10.1. The van der Waals surface area contributed by atoms with E-state index in [0.29, 0.717) is 16.9 Å². The van der Waals surface area contributed by atoms with Crippen LogP contribution in [0.5, 0.6) is 0 Å². The zero-order chi connectivity index (χ0) is 17.0. The topological polar surface area (TPSA) is 84.3 Å². The number of rotatable bonds is 4. The van der Waals surface area contributed by atoms with Crippen molar-refractivity contribution in [2.45, 2.75) is 6.92 Å². The second-order valence-corrected chi connectivity index (χ2v) is 5.45. The molecule has 0 radical (unpaired) electrons. The van der Waals surface area contributed by atoms with Gasteiger partial charge >= 0.3 is 0 Å². The molecule has 0 heterocycles. The molecule has 0 aliphatic rings. The molecule has 0 aliphatic heterocycles. The highest BCUT2D eigenvalue weighted by molar-refractivity contribution is 7.80. The first-order valence-corrected chi connectivity index (χ1v) is 7.28. The van der Waals surface area contributed by atoms with E-state index in [1.54, 1.807) is 30.3 Å². The van der Waals surface area contributed by atoms with Gasteiger partial charge in [0.2, 0.25) is 0 Å². The van der Waals surface area contributed by atoms with Crippen molar-refractivity contribution in [3.63, 3.8) is 0 Å². The molecule has 0 bridgehead atoms. The van der Waals surface area contributed by atoms with Crippen molar-refractivity contribution in [1.82, 2.24) is 0 Å². The first-order valence-electron chi connectivity index (χ1n) is 6.50. The number of nitro benzene ring substituents is 1. The van der Waals surface area contributed by atoms with Gasteiger partial charge in [-0.15, -0.1) is 0 Å². The normalized spacial score (nSPS) is 10.0. The van der Waals surface area contributed by atoms with Gasteiger partial charge in [-0.1, -0.05) is 23.7 Å². The van der Waals surface area contributed by atoms with E-state index in [-0.39, 0.29) is 21.6 Å². The number of anilines is 2. The van der Waals surface area contributed by atoms with E-state index in [1.807, 2.05) is 0 Å². The molecule has 0 aromatic heterocycles. The Morgan fingerprint density at radius 2 is 1.83 bits per heavy atom. The number of nitrogens with zero attached hydrogens (tertiary/aromatic N) is 1. The van der Waals surface area contributed by atoms with E-state index in [0.717, 1.165) is 0 Å². The lowest BCUT2D eigenvalue weighted by Gasteiger charge is -2.11. The Kier molecular flexibility index (Phi) is 5.25. The van der Waals surface area contributed by atoms with Crippen LogP contribution >= 0.6 is 23.8 Å². The first kappa shape index (κ1) is 16.9. The molecule has 0 amide bonds. The molecule has 0 unspecified atom stereocenters. The quantitative estimate of drug-likeness (QED) is 0.371.